The van der Waals surface area contributed by atoms with Crippen molar-refractivity contribution in [1.29, 1.82) is 0 Å². The van der Waals surface area contributed by atoms with Gasteiger partial charge in [0.15, 0.2) is 0 Å². The smallest absolute Gasteiger partial charge is 0.0726 e. The van der Waals surface area contributed by atoms with E-state index in [2.05, 4.69) is 154 Å². The van der Waals surface area contributed by atoms with Crippen molar-refractivity contribution in [2.45, 2.75) is 26.2 Å². The lowest BCUT2D eigenvalue weighted by molar-refractivity contribution is 0.747. The average Bonchev–Trinajstić information content (AvgIpc) is 3.59. The molecule has 2 nitrogen and oxygen atoms in total. The topological polar surface area (TPSA) is 15.6 Å². The van der Waals surface area contributed by atoms with Crippen molar-refractivity contribution < 1.29 is 0 Å². The molecule has 0 N–H and O–H groups in total. The number of fused-ring (bicyclic) bond motifs is 9. The summed E-state index contributed by atoms with van der Waals surface area (Å²) in [6.45, 7) is 29.4. The number of rotatable bonds is 8. The van der Waals surface area contributed by atoms with Crippen LogP contribution in [0.1, 0.15) is 59.7 Å². The molecule has 0 amide bonds. The molecular formula is C59H48N2. The fourth-order valence-electron chi connectivity index (χ4n) is 9.80. The standard InChI is InChI=1S/C59H48N2/c1-9-23-49-39(4)41(6)56-52(59(49)50-33-21-20-31-48(50)58-47(32-22-34-51(58)59)45-27-16-12-17-28-45)35-36-55-57(56)42(7)40(5)54(24-10-2)61(55)38(3)37-53(46-29-18-13-19-30-46)60-43(8)44-25-14-11-15-26-44/h9-37H,2,5-8H2,1,3-4H3/b23-9-,38-37+,54-24+,60-53?. The first kappa shape index (κ1) is 38.9. The van der Waals surface area contributed by atoms with Crippen molar-refractivity contribution >= 4 is 28.2 Å². The SMILES string of the molecule is C=C/C=C1\C(=C)C(=C)c2c(ccc3c2C(=C)C(C)=C(/C=C\C)C32c3ccccc3-c3c(-c4ccccc4)cccc32)N1/C(C)=C/C(=NC(=C)c1ccccc1)c1ccccc1. The first-order valence-corrected chi connectivity index (χ1v) is 20.8. The zero-order chi connectivity index (χ0) is 42.4. The summed E-state index contributed by atoms with van der Waals surface area (Å²) in [5, 5.41) is 0. The molecule has 2 heteroatoms. The number of hydrogen-bond acceptors (Lipinski definition) is 2. The summed E-state index contributed by atoms with van der Waals surface area (Å²) >= 11 is 0. The molecule has 1 atom stereocenters. The van der Waals surface area contributed by atoms with Gasteiger partial charge in [0.25, 0.3) is 0 Å². The van der Waals surface area contributed by atoms with Gasteiger partial charge in [-0.25, -0.2) is 4.99 Å². The molecule has 1 unspecified atom stereocenters. The third-order valence-corrected chi connectivity index (χ3v) is 12.5. The van der Waals surface area contributed by atoms with E-state index in [0.717, 1.165) is 67.3 Å². The Morgan fingerprint density at radius 3 is 1.92 bits per heavy atom. The average molecular weight is 785 g/mol. The Morgan fingerprint density at radius 1 is 0.623 bits per heavy atom. The molecule has 1 aliphatic heterocycles. The van der Waals surface area contributed by atoms with Crippen LogP contribution >= 0.6 is 0 Å². The maximum absolute atomic E-state index is 5.16. The van der Waals surface area contributed by atoms with E-state index in [1.165, 1.54) is 44.5 Å². The minimum atomic E-state index is -0.627. The van der Waals surface area contributed by atoms with E-state index < -0.39 is 5.41 Å². The van der Waals surface area contributed by atoms with E-state index in [0.29, 0.717) is 5.70 Å². The highest BCUT2D eigenvalue weighted by Crippen LogP contribution is 2.64. The lowest BCUT2D eigenvalue weighted by atomic mass is 9.59. The van der Waals surface area contributed by atoms with Crippen molar-refractivity contribution in [3.05, 3.63) is 276 Å². The van der Waals surface area contributed by atoms with Crippen molar-refractivity contribution in [3.63, 3.8) is 0 Å². The van der Waals surface area contributed by atoms with Gasteiger partial charge in [0.2, 0.25) is 0 Å². The molecule has 1 spiro atoms. The molecule has 6 aromatic carbocycles. The fraction of sp³-hybridized carbons (Fsp3) is 0.0678. The quantitative estimate of drug-likeness (QED) is 0.140. The van der Waals surface area contributed by atoms with Gasteiger partial charge in [-0.1, -0.05) is 191 Å². The monoisotopic (exact) mass is 784 g/mol. The second-order valence-corrected chi connectivity index (χ2v) is 15.8. The minimum Gasteiger partial charge on any atom is -0.313 e. The molecule has 0 aromatic heterocycles. The third kappa shape index (κ3) is 6.06. The zero-order valence-electron chi connectivity index (χ0n) is 35.2. The van der Waals surface area contributed by atoms with E-state index in [9.17, 15) is 0 Å². The number of nitrogens with zero attached hydrogens (tertiary/aromatic N) is 2. The van der Waals surface area contributed by atoms with Gasteiger partial charge in [-0.3, -0.25) is 0 Å². The van der Waals surface area contributed by atoms with Gasteiger partial charge in [-0.05, 0) is 117 Å². The zero-order valence-corrected chi connectivity index (χ0v) is 35.2. The van der Waals surface area contributed by atoms with E-state index in [1.54, 1.807) is 0 Å². The predicted molar refractivity (Wildman–Crippen MR) is 261 cm³/mol. The van der Waals surface area contributed by atoms with Gasteiger partial charge < -0.3 is 4.90 Å². The normalized spacial score (nSPS) is 17.8. The Hall–Kier alpha value is -7.55. The summed E-state index contributed by atoms with van der Waals surface area (Å²) < 4.78 is 0. The highest BCUT2D eigenvalue weighted by atomic mass is 15.2. The van der Waals surface area contributed by atoms with Crippen molar-refractivity contribution in [3.8, 4) is 22.3 Å². The summed E-state index contributed by atoms with van der Waals surface area (Å²) in [6.07, 6.45) is 10.5. The van der Waals surface area contributed by atoms with Gasteiger partial charge in [-0.2, -0.15) is 0 Å². The van der Waals surface area contributed by atoms with Crippen LogP contribution in [0, 0.1) is 0 Å². The molecule has 0 radical (unpaired) electrons. The molecule has 294 valence electrons. The van der Waals surface area contributed by atoms with E-state index in [-0.39, 0.29) is 0 Å². The second-order valence-electron chi connectivity index (χ2n) is 15.8. The molecule has 1 heterocycles. The predicted octanol–water partition coefficient (Wildman–Crippen LogP) is 15.1. The highest BCUT2D eigenvalue weighted by Gasteiger charge is 2.52. The van der Waals surface area contributed by atoms with Crippen LogP contribution in [0.4, 0.5) is 5.69 Å². The lowest BCUT2D eigenvalue weighted by Crippen LogP contribution is -2.36. The van der Waals surface area contributed by atoms with Crippen molar-refractivity contribution in [1.82, 2.24) is 0 Å². The Bertz CT molecular complexity index is 3000. The molecule has 0 saturated carbocycles. The third-order valence-electron chi connectivity index (χ3n) is 12.5. The first-order valence-electron chi connectivity index (χ1n) is 20.8. The number of benzene rings is 6. The maximum atomic E-state index is 5.16. The van der Waals surface area contributed by atoms with Gasteiger partial charge in [-0.15, -0.1) is 0 Å². The Morgan fingerprint density at radius 2 is 1.23 bits per heavy atom. The number of aliphatic imine (C=N–C) groups is 1. The number of anilines is 1. The summed E-state index contributed by atoms with van der Waals surface area (Å²) in [5.41, 5.74) is 21.4. The molecular weight excluding hydrogens is 737 g/mol. The van der Waals surface area contributed by atoms with Gasteiger partial charge in [0.05, 0.1) is 28.2 Å². The molecule has 61 heavy (non-hydrogen) atoms. The van der Waals surface area contributed by atoms with Crippen LogP contribution in [0.15, 0.2) is 242 Å². The van der Waals surface area contributed by atoms with Gasteiger partial charge >= 0.3 is 0 Å². The Labute approximate surface area is 361 Å². The maximum Gasteiger partial charge on any atom is 0.0726 e. The molecule has 6 aromatic rings. The number of allylic oxidation sites excluding steroid dienone is 10. The molecule has 0 saturated heterocycles. The summed E-state index contributed by atoms with van der Waals surface area (Å²) in [7, 11) is 0. The summed E-state index contributed by atoms with van der Waals surface area (Å²) in [4.78, 5) is 7.44. The largest absolute Gasteiger partial charge is 0.313 e. The highest BCUT2D eigenvalue weighted by molar-refractivity contribution is 6.12. The minimum absolute atomic E-state index is 0.627. The van der Waals surface area contributed by atoms with Gasteiger partial charge in [0, 0.05) is 16.8 Å². The van der Waals surface area contributed by atoms with Crippen molar-refractivity contribution in [2.24, 2.45) is 4.99 Å². The molecule has 0 bridgehead atoms. The van der Waals surface area contributed by atoms with Crippen LogP contribution in [-0.2, 0) is 5.41 Å². The lowest BCUT2D eigenvalue weighted by Gasteiger charge is -2.45. The van der Waals surface area contributed by atoms with E-state index in [1.807, 2.05) is 60.7 Å². The van der Waals surface area contributed by atoms with E-state index >= 15 is 0 Å². The van der Waals surface area contributed by atoms with Crippen LogP contribution in [0.25, 0.3) is 39.1 Å². The summed E-state index contributed by atoms with van der Waals surface area (Å²) in [5.74, 6) is 0. The fourth-order valence-corrected chi connectivity index (χ4v) is 9.80. The van der Waals surface area contributed by atoms with Crippen molar-refractivity contribution in [2.75, 3.05) is 4.90 Å². The van der Waals surface area contributed by atoms with Crippen LogP contribution in [0.2, 0.25) is 0 Å². The number of hydrogen-bond donors (Lipinski definition) is 0. The molecule has 2 aliphatic carbocycles. The first-order chi connectivity index (χ1) is 29.7. The van der Waals surface area contributed by atoms with Crippen LogP contribution in [0.3, 0.4) is 0 Å². The molecule has 3 aliphatic rings. The molecule has 0 fully saturated rings. The Balaban J connectivity index is 1.32. The van der Waals surface area contributed by atoms with Crippen LogP contribution in [-0.4, -0.2) is 5.71 Å². The van der Waals surface area contributed by atoms with Gasteiger partial charge in [0.1, 0.15) is 0 Å². The van der Waals surface area contributed by atoms with Crippen LogP contribution < -0.4 is 4.90 Å². The van der Waals surface area contributed by atoms with E-state index in [4.69, 9.17) is 24.7 Å². The Kier molecular flexibility index (Phi) is 9.94. The molecule has 9 rings (SSSR count). The van der Waals surface area contributed by atoms with Crippen LogP contribution in [0.5, 0.6) is 0 Å². The second kappa shape index (κ2) is 15.6. The summed E-state index contributed by atoms with van der Waals surface area (Å²) in [6, 6.07) is 51.5.